The summed E-state index contributed by atoms with van der Waals surface area (Å²) in [4.78, 5) is 0. The van der Waals surface area contributed by atoms with Crippen molar-refractivity contribution in [1.29, 1.82) is 0 Å². The second-order valence-electron chi connectivity index (χ2n) is 4.23. The summed E-state index contributed by atoms with van der Waals surface area (Å²) in [6.07, 6.45) is 1.06. The molecular weight excluding hydrogens is 282 g/mol. The lowest BCUT2D eigenvalue weighted by Gasteiger charge is -2.03. The van der Waals surface area contributed by atoms with Crippen LogP contribution in [0.5, 0.6) is 5.75 Å². The predicted molar refractivity (Wildman–Crippen MR) is 78.3 cm³/mol. The summed E-state index contributed by atoms with van der Waals surface area (Å²) in [5, 5.41) is 0.303. The third kappa shape index (κ3) is 3.81. The van der Waals surface area contributed by atoms with Crippen LogP contribution < -0.4 is 4.74 Å². The standard InChI is InChI=1S/C16H13ClF2O/c1-20-15-6-4-11(5-7-15)2-3-12-8-13(16(18)19)10-14(17)9-12/h2-10,16H,1H3/b3-2+. The van der Waals surface area contributed by atoms with Crippen molar-refractivity contribution in [3.8, 4) is 5.75 Å². The van der Waals surface area contributed by atoms with Crippen LogP contribution in [0.3, 0.4) is 0 Å². The number of benzene rings is 2. The number of hydrogen-bond acceptors (Lipinski definition) is 1. The topological polar surface area (TPSA) is 9.23 Å². The molecule has 0 aliphatic carbocycles. The number of rotatable bonds is 4. The molecule has 104 valence electrons. The van der Waals surface area contributed by atoms with Gasteiger partial charge in [-0.3, -0.25) is 0 Å². The maximum Gasteiger partial charge on any atom is 0.263 e. The van der Waals surface area contributed by atoms with E-state index in [0.29, 0.717) is 10.6 Å². The van der Waals surface area contributed by atoms with Gasteiger partial charge in [0.05, 0.1) is 7.11 Å². The zero-order chi connectivity index (χ0) is 14.5. The largest absolute Gasteiger partial charge is 0.497 e. The molecule has 2 aromatic carbocycles. The monoisotopic (exact) mass is 294 g/mol. The Labute approximate surface area is 121 Å². The van der Waals surface area contributed by atoms with E-state index in [2.05, 4.69) is 0 Å². The Bertz CT molecular complexity index is 606. The van der Waals surface area contributed by atoms with E-state index < -0.39 is 6.43 Å². The van der Waals surface area contributed by atoms with Crippen LogP contribution in [-0.2, 0) is 0 Å². The summed E-state index contributed by atoms with van der Waals surface area (Å²) in [6, 6.07) is 11.8. The number of methoxy groups -OCH3 is 1. The molecular formula is C16H13ClF2O. The fourth-order valence-electron chi connectivity index (χ4n) is 1.77. The molecule has 0 heterocycles. The first kappa shape index (κ1) is 14.5. The Morgan fingerprint density at radius 3 is 2.25 bits per heavy atom. The van der Waals surface area contributed by atoms with Crippen molar-refractivity contribution in [2.45, 2.75) is 6.43 Å². The van der Waals surface area contributed by atoms with E-state index in [1.54, 1.807) is 19.3 Å². The fourth-order valence-corrected chi connectivity index (χ4v) is 2.02. The van der Waals surface area contributed by atoms with Crippen LogP contribution >= 0.6 is 11.6 Å². The Balaban J connectivity index is 2.21. The molecule has 2 rings (SSSR count). The molecule has 0 saturated carbocycles. The third-order valence-electron chi connectivity index (χ3n) is 2.78. The molecule has 20 heavy (non-hydrogen) atoms. The molecule has 0 N–H and O–H groups in total. The van der Waals surface area contributed by atoms with E-state index in [1.165, 1.54) is 12.1 Å². The van der Waals surface area contributed by atoms with Crippen LogP contribution in [0, 0.1) is 0 Å². The van der Waals surface area contributed by atoms with Gasteiger partial charge in [0.1, 0.15) is 5.75 Å². The van der Waals surface area contributed by atoms with Gasteiger partial charge in [-0.1, -0.05) is 35.9 Å². The fraction of sp³-hybridized carbons (Fsp3) is 0.125. The van der Waals surface area contributed by atoms with Crippen LogP contribution in [0.25, 0.3) is 12.2 Å². The maximum atomic E-state index is 12.7. The van der Waals surface area contributed by atoms with Gasteiger partial charge in [0.15, 0.2) is 0 Å². The van der Waals surface area contributed by atoms with Gasteiger partial charge in [-0.15, -0.1) is 0 Å². The first-order valence-electron chi connectivity index (χ1n) is 5.99. The van der Waals surface area contributed by atoms with Gasteiger partial charge in [-0.2, -0.15) is 0 Å². The van der Waals surface area contributed by atoms with Gasteiger partial charge in [-0.05, 0) is 41.5 Å². The first-order chi connectivity index (χ1) is 9.58. The van der Waals surface area contributed by atoms with Gasteiger partial charge in [0.25, 0.3) is 6.43 Å². The molecule has 0 aliphatic heterocycles. The van der Waals surface area contributed by atoms with Crippen molar-refractivity contribution >= 4 is 23.8 Å². The molecule has 0 unspecified atom stereocenters. The number of halogens is 3. The highest BCUT2D eigenvalue weighted by Crippen LogP contribution is 2.25. The molecule has 0 fully saturated rings. The highest BCUT2D eigenvalue weighted by molar-refractivity contribution is 6.30. The number of ether oxygens (including phenoxy) is 1. The molecule has 1 nitrogen and oxygen atoms in total. The van der Waals surface area contributed by atoms with Gasteiger partial charge < -0.3 is 4.74 Å². The Morgan fingerprint density at radius 1 is 1.00 bits per heavy atom. The normalized spacial score (nSPS) is 11.2. The van der Waals surface area contributed by atoms with E-state index in [0.717, 1.165) is 11.3 Å². The van der Waals surface area contributed by atoms with Crippen LogP contribution in [0.4, 0.5) is 8.78 Å². The van der Waals surface area contributed by atoms with E-state index >= 15 is 0 Å². The van der Waals surface area contributed by atoms with Crippen molar-refractivity contribution in [1.82, 2.24) is 0 Å². The summed E-state index contributed by atoms with van der Waals surface area (Å²) in [7, 11) is 1.60. The highest BCUT2D eigenvalue weighted by atomic mass is 35.5. The van der Waals surface area contributed by atoms with Gasteiger partial charge in [-0.25, -0.2) is 8.78 Å². The predicted octanol–water partition coefficient (Wildman–Crippen LogP) is 5.46. The zero-order valence-corrected chi connectivity index (χ0v) is 11.6. The summed E-state index contributed by atoms with van der Waals surface area (Å²) < 4.78 is 30.4. The summed E-state index contributed by atoms with van der Waals surface area (Å²) in [5.74, 6) is 0.768. The number of hydrogen-bond donors (Lipinski definition) is 0. The molecule has 2 aromatic rings. The first-order valence-corrected chi connectivity index (χ1v) is 6.37. The van der Waals surface area contributed by atoms with Crippen molar-refractivity contribution in [2.75, 3.05) is 7.11 Å². The second kappa shape index (κ2) is 6.53. The lowest BCUT2D eigenvalue weighted by molar-refractivity contribution is 0.151. The molecule has 0 atom stereocenters. The quantitative estimate of drug-likeness (QED) is 0.681. The van der Waals surface area contributed by atoms with Crippen LogP contribution in [0.2, 0.25) is 5.02 Å². The molecule has 0 saturated heterocycles. The van der Waals surface area contributed by atoms with Crippen LogP contribution in [0.1, 0.15) is 23.1 Å². The average Bonchev–Trinajstić information content (AvgIpc) is 2.45. The maximum absolute atomic E-state index is 12.7. The van der Waals surface area contributed by atoms with E-state index in [1.807, 2.05) is 30.3 Å². The van der Waals surface area contributed by atoms with Crippen LogP contribution in [0.15, 0.2) is 42.5 Å². The molecule has 4 heteroatoms. The van der Waals surface area contributed by atoms with Gasteiger partial charge in [0.2, 0.25) is 0 Å². The molecule has 0 bridgehead atoms. The molecule has 0 spiro atoms. The Kier molecular flexibility index (Phi) is 4.74. The number of alkyl halides is 2. The van der Waals surface area contributed by atoms with E-state index in [-0.39, 0.29) is 5.56 Å². The smallest absolute Gasteiger partial charge is 0.263 e. The third-order valence-corrected chi connectivity index (χ3v) is 3.00. The SMILES string of the molecule is COc1ccc(/C=C/c2cc(Cl)cc(C(F)F)c2)cc1. The minimum absolute atomic E-state index is 0.0770. The second-order valence-corrected chi connectivity index (χ2v) is 4.66. The molecule has 0 amide bonds. The molecule has 0 aromatic heterocycles. The summed E-state index contributed by atoms with van der Waals surface area (Å²) in [5.41, 5.74) is 1.51. The van der Waals surface area contributed by atoms with E-state index in [9.17, 15) is 8.78 Å². The van der Waals surface area contributed by atoms with E-state index in [4.69, 9.17) is 16.3 Å². The van der Waals surface area contributed by atoms with Crippen molar-refractivity contribution in [3.63, 3.8) is 0 Å². The Hall–Kier alpha value is -1.87. The highest BCUT2D eigenvalue weighted by Gasteiger charge is 2.08. The van der Waals surface area contributed by atoms with Crippen molar-refractivity contribution < 1.29 is 13.5 Å². The Morgan fingerprint density at radius 2 is 1.65 bits per heavy atom. The average molecular weight is 295 g/mol. The lowest BCUT2D eigenvalue weighted by atomic mass is 10.1. The summed E-state index contributed by atoms with van der Waals surface area (Å²) in [6.45, 7) is 0. The van der Waals surface area contributed by atoms with Crippen LogP contribution in [-0.4, -0.2) is 7.11 Å². The van der Waals surface area contributed by atoms with Crippen molar-refractivity contribution in [3.05, 3.63) is 64.2 Å². The summed E-state index contributed by atoms with van der Waals surface area (Å²) >= 11 is 5.83. The zero-order valence-electron chi connectivity index (χ0n) is 10.8. The van der Waals surface area contributed by atoms with Gasteiger partial charge in [0, 0.05) is 10.6 Å². The molecule has 0 aliphatic rings. The lowest BCUT2D eigenvalue weighted by Crippen LogP contribution is -1.85. The van der Waals surface area contributed by atoms with Gasteiger partial charge >= 0.3 is 0 Å². The minimum Gasteiger partial charge on any atom is -0.497 e. The minimum atomic E-state index is -2.53. The van der Waals surface area contributed by atoms with Crippen molar-refractivity contribution in [2.24, 2.45) is 0 Å². The molecule has 0 radical (unpaired) electrons.